The van der Waals surface area contributed by atoms with E-state index >= 15 is 0 Å². The van der Waals surface area contributed by atoms with Crippen LogP contribution in [0, 0.1) is 5.92 Å². The van der Waals surface area contributed by atoms with E-state index in [1.807, 2.05) is 6.07 Å². The molecule has 0 saturated heterocycles. The predicted octanol–water partition coefficient (Wildman–Crippen LogP) is 9.29. The molecular weight excluding hydrogens is 435 g/mol. The Labute approximate surface area is 210 Å². The van der Waals surface area contributed by atoms with Crippen molar-refractivity contribution in [1.82, 2.24) is 0 Å². The highest BCUT2D eigenvalue weighted by atomic mass is 31.1. The summed E-state index contributed by atoms with van der Waals surface area (Å²) in [6.45, 7) is 19.5. The van der Waals surface area contributed by atoms with Crippen LogP contribution in [0.5, 0.6) is 0 Å². The van der Waals surface area contributed by atoms with Crippen LogP contribution in [0.4, 0.5) is 0 Å². The average molecular weight is 481 g/mol. The monoisotopic (exact) mass is 480 g/mol. The number of hydrogen-bond acceptors (Lipinski definition) is 1. The lowest BCUT2D eigenvalue weighted by molar-refractivity contribution is -0.122. The Morgan fingerprint density at radius 3 is 2.24 bits per heavy atom. The first-order chi connectivity index (χ1) is 16.3. The van der Waals surface area contributed by atoms with Crippen molar-refractivity contribution in [3.63, 3.8) is 0 Å². The van der Waals surface area contributed by atoms with Crippen molar-refractivity contribution in [2.24, 2.45) is 5.92 Å². The Kier molecular flexibility index (Phi) is 17.6. The zero-order valence-electron chi connectivity index (χ0n) is 22.3. The van der Waals surface area contributed by atoms with Crippen molar-refractivity contribution < 1.29 is 9.90 Å². The van der Waals surface area contributed by atoms with Gasteiger partial charge in [-0.2, -0.15) is 0 Å². The van der Waals surface area contributed by atoms with Gasteiger partial charge in [-0.15, -0.1) is 0 Å². The van der Waals surface area contributed by atoms with E-state index in [9.17, 15) is 0 Å². The van der Waals surface area contributed by atoms with Gasteiger partial charge in [0.1, 0.15) is 0 Å². The van der Waals surface area contributed by atoms with Gasteiger partial charge in [-0.25, -0.2) is 0 Å². The molecule has 2 nitrogen and oxygen atoms in total. The minimum atomic E-state index is -0.250. The third-order valence-electron chi connectivity index (χ3n) is 5.86. The summed E-state index contributed by atoms with van der Waals surface area (Å²) < 4.78 is 0. The lowest BCUT2D eigenvalue weighted by Crippen LogP contribution is -2.04. The van der Waals surface area contributed by atoms with Gasteiger partial charge in [0.05, 0.1) is 0 Å². The first-order valence-corrected chi connectivity index (χ1v) is 13.6. The van der Waals surface area contributed by atoms with Crippen molar-refractivity contribution in [3.8, 4) is 0 Å². The van der Waals surface area contributed by atoms with E-state index in [0.717, 1.165) is 34.3 Å². The third kappa shape index (κ3) is 12.7. The van der Waals surface area contributed by atoms with E-state index in [4.69, 9.17) is 9.90 Å². The second-order valence-corrected chi connectivity index (χ2v) is 9.61. The molecule has 34 heavy (non-hydrogen) atoms. The summed E-state index contributed by atoms with van der Waals surface area (Å²) in [6, 6.07) is 10.5. The Hall–Kier alpha value is -2.44. The Bertz CT molecular complexity index is 899. The van der Waals surface area contributed by atoms with Crippen molar-refractivity contribution >= 4 is 15.1 Å². The summed E-state index contributed by atoms with van der Waals surface area (Å²) in [7, 11) is 0.868. The predicted molar refractivity (Wildman–Crippen MR) is 154 cm³/mol. The third-order valence-corrected chi connectivity index (χ3v) is 6.91. The minimum absolute atomic E-state index is 0.250. The normalized spacial score (nSPS) is 16.6. The molecular formula is C31H45O2P. The fourth-order valence-electron chi connectivity index (χ4n) is 3.80. The number of hydrogen-bond donors (Lipinski definition) is 1. The van der Waals surface area contributed by atoms with Crippen LogP contribution in [0.3, 0.4) is 0 Å². The maximum absolute atomic E-state index is 8.36. The molecule has 2 atom stereocenters. The summed E-state index contributed by atoms with van der Waals surface area (Å²) in [5, 5.41) is 8.38. The van der Waals surface area contributed by atoms with Crippen molar-refractivity contribution in [1.29, 1.82) is 0 Å². The molecule has 0 bridgehead atoms. The van der Waals surface area contributed by atoms with Crippen LogP contribution in [-0.4, -0.2) is 18.2 Å². The molecule has 0 aromatic heterocycles. The van der Waals surface area contributed by atoms with Crippen molar-refractivity contribution in [2.75, 3.05) is 6.66 Å². The number of rotatable bonds is 8. The van der Waals surface area contributed by atoms with Crippen molar-refractivity contribution in [3.05, 3.63) is 106 Å². The SMILES string of the molecule is C=C(/C=C(/C)C/C(=C\C)C1C=CC(C)=CC1)/C(CC)=C(\C)PC.CCc1ccccc1.O=CO. The molecule has 0 fully saturated rings. The highest BCUT2D eigenvalue weighted by Gasteiger charge is 2.13. The molecule has 1 aromatic carbocycles. The largest absolute Gasteiger partial charge is 0.483 e. The fraction of sp³-hybridized carbons (Fsp3) is 0.387. The Balaban J connectivity index is 0.000000813. The molecule has 1 aromatic rings. The molecule has 0 spiro atoms. The van der Waals surface area contributed by atoms with Gasteiger partial charge < -0.3 is 5.11 Å². The van der Waals surface area contributed by atoms with Crippen LogP contribution < -0.4 is 0 Å². The van der Waals surface area contributed by atoms with Gasteiger partial charge in [0, 0.05) is 5.92 Å². The second-order valence-electron chi connectivity index (χ2n) is 8.36. The van der Waals surface area contributed by atoms with E-state index < -0.39 is 0 Å². The number of carboxylic acid groups (broad SMARTS) is 1. The topological polar surface area (TPSA) is 37.3 Å². The average Bonchev–Trinajstić information content (AvgIpc) is 2.84. The van der Waals surface area contributed by atoms with E-state index in [-0.39, 0.29) is 6.47 Å². The van der Waals surface area contributed by atoms with Crippen LogP contribution in [0.15, 0.2) is 100 Å². The molecule has 0 amide bonds. The smallest absolute Gasteiger partial charge is 0.290 e. The minimum Gasteiger partial charge on any atom is -0.483 e. The van der Waals surface area contributed by atoms with Gasteiger partial charge >= 0.3 is 0 Å². The van der Waals surface area contributed by atoms with E-state index in [1.54, 1.807) is 0 Å². The molecule has 0 heterocycles. The molecule has 1 aliphatic carbocycles. The zero-order chi connectivity index (χ0) is 25.9. The molecule has 1 aliphatic rings. The molecule has 0 radical (unpaired) electrons. The van der Waals surface area contributed by atoms with Crippen LogP contribution >= 0.6 is 8.58 Å². The Morgan fingerprint density at radius 2 is 1.82 bits per heavy atom. The lowest BCUT2D eigenvalue weighted by atomic mass is 9.86. The molecule has 1 N–H and O–H groups in total. The van der Waals surface area contributed by atoms with Gasteiger partial charge in [0.2, 0.25) is 0 Å². The van der Waals surface area contributed by atoms with Crippen LogP contribution in [0.25, 0.3) is 0 Å². The summed E-state index contributed by atoms with van der Waals surface area (Å²) in [6.07, 6.45) is 15.9. The molecule has 0 aliphatic heterocycles. The van der Waals surface area contributed by atoms with Gasteiger partial charge in [-0.1, -0.05) is 106 Å². The number of carbonyl (C=O) groups is 1. The highest BCUT2D eigenvalue weighted by Crippen LogP contribution is 2.31. The van der Waals surface area contributed by atoms with Crippen LogP contribution in [0.2, 0.25) is 0 Å². The molecule has 0 saturated carbocycles. The van der Waals surface area contributed by atoms with Gasteiger partial charge in [0.15, 0.2) is 0 Å². The van der Waals surface area contributed by atoms with E-state index in [0.29, 0.717) is 5.92 Å². The van der Waals surface area contributed by atoms with Crippen LogP contribution in [0.1, 0.15) is 66.4 Å². The van der Waals surface area contributed by atoms with Gasteiger partial charge in [0.25, 0.3) is 6.47 Å². The second kappa shape index (κ2) is 18.9. The maximum atomic E-state index is 8.36. The van der Waals surface area contributed by atoms with Gasteiger partial charge in [-0.05, 0) is 82.1 Å². The summed E-state index contributed by atoms with van der Waals surface area (Å²) in [5.74, 6) is 0.556. The van der Waals surface area contributed by atoms with E-state index in [1.165, 1.54) is 38.7 Å². The fourth-order valence-corrected chi connectivity index (χ4v) is 4.44. The quantitative estimate of drug-likeness (QED) is 0.174. The summed E-state index contributed by atoms with van der Waals surface area (Å²) >= 11 is 0. The van der Waals surface area contributed by atoms with Crippen molar-refractivity contribution in [2.45, 2.75) is 67.2 Å². The van der Waals surface area contributed by atoms with Gasteiger partial charge in [-0.3, -0.25) is 4.79 Å². The Morgan fingerprint density at radius 1 is 1.21 bits per heavy atom. The number of aryl methyl sites for hydroxylation is 1. The summed E-state index contributed by atoms with van der Waals surface area (Å²) in [4.78, 5) is 8.36. The standard InChI is InChI=1S/C22H33P.C8H10.CH2O2/c1-8-20(21-12-10-16(3)11-13-21)15-17(4)14-18(5)22(9-2)19(6)23-7;1-2-8-6-4-3-5-7-8;2-1-3/h8,10-12,14,21,23H,5,9,13,15H2,1-4,6-7H3;3-7H,2H2,1H3;1H,(H,2,3)/b17-14-,20-8+,22-19+;;. The first-order valence-electron chi connectivity index (χ1n) is 12.1. The van der Waals surface area contributed by atoms with Crippen LogP contribution in [-0.2, 0) is 11.2 Å². The molecule has 2 unspecified atom stereocenters. The molecule has 2 rings (SSSR count). The molecule has 3 heteroatoms. The van der Waals surface area contributed by atoms with E-state index in [2.05, 4.69) is 109 Å². The highest BCUT2D eigenvalue weighted by molar-refractivity contribution is 7.42. The summed E-state index contributed by atoms with van der Waals surface area (Å²) in [5.41, 5.74) is 8.34. The first kappa shape index (κ1) is 31.6. The zero-order valence-corrected chi connectivity index (χ0v) is 23.3. The maximum Gasteiger partial charge on any atom is 0.290 e. The lowest BCUT2D eigenvalue weighted by Gasteiger charge is -2.19. The number of benzene rings is 1. The molecule has 186 valence electrons. The number of allylic oxidation sites excluding steroid dienone is 11.